The van der Waals surface area contributed by atoms with E-state index in [1.165, 1.54) is 12.3 Å². The van der Waals surface area contributed by atoms with Gasteiger partial charge in [0.2, 0.25) is 5.88 Å². The number of hydrogen-bond acceptors (Lipinski definition) is 6. The molecule has 0 saturated carbocycles. The van der Waals surface area contributed by atoms with Crippen LogP contribution in [-0.2, 0) is 22.7 Å². The quantitative estimate of drug-likeness (QED) is 0.180. The fraction of sp³-hybridized carbons (Fsp3) is 0.259. The number of aromatic nitrogens is 1. The van der Waals surface area contributed by atoms with Crippen LogP contribution < -0.4 is 26.0 Å². The number of carboxylic acids is 1. The maximum absolute atomic E-state index is 12.7. The van der Waals surface area contributed by atoms with Crippen LogP contribution in [0.2, 0.25) is 10.0 Å². The molecular formula is C27H29Cl2N5O5. The van der Waals surface area contributed by atoms with E-state index < -0.39 is 18.1 Å². The normalized spacial score (nSPS) is 11.4. The monoisotopic (exact) mass is 573 g/mol. The molecule has 0 aliphatic heterocycles. The number of hydrogen-bond donors (Lipinski definition) is 5. The van der Waals surface area contributed by atoms with Crippen molar-refractivity contribution in [2.45, 2.75) is 39.0 Å². The zero-order valence-electron chi connectivity index (χ0n) is 21.2. The van der Waals surface area contributed by atoms with Crippen molar-refractivity contribution in [1.82, 2.24) is 15.6 Å². The molecule has 10 nitrogen and oxygen atoms in total. The number of nitrogens with zero attached hydrogens (tertiary/aromatic N) is 1. The SMILES string of the molecule is CC[C@@H](Oc1ncc(Cl)cc1Cl)C(=O)NCc1cccc(NC(=O)Nc2cccc(CNCCC(=O)O)c2)c1. The lowest BCUT2D eigenvalue weighted by molar-refractivity contribution is -0.136. The predicted molar refractivity (Wildman–Crippen MR) is 150 cm³/mol. The number of carboxylic acid groups (broad SMARTS) is 1. The zero-order chi connectivity index (χ0) is 28.2. The third kappa shape index (κ3) is 10.1. The van der Waals surface area contributed by atoms with Crippen molar-refractivity contribution < 1.29 is 24.2 Å². The largest absolute Gasteiger partial charge is 0.481 e. The summed E-state index contributed by atoms with van der Waals surface area (Å²) in [6.07, 6.45) is 1.02. The molecular weight excluding hydrogens is 545 g/mol. The van der Waals surface area contributed by atoms with Gasteiger partial charge in [-0.3, -0.25) is 9.59 Å². The highest BCUT2D eigenvalue weighted by Gasteiger charge is 2.20. The first-order valence-corrected chi connectivity index (χ1v) is 12.9. The number of benzene rings is 2. The first-order valence-electron chi connectivity index (χ1n) is 12.2. The first-order chi connectivity index (χ1) is 18.7. The second kappa shape index (κ2) is 14.9. The molecule has 0 spiro atoms. The number of carbonyl (C=O) groups is 3. The third-order valence-corrected chi connectivity index (χ3v) is 5.85. The fourth-order valence-corrected chi connectivity index (χ4v) is 3.91. The summed E-state index contributed by atoms with van der Waals surface area (Å²) in [6, 6.07) is 15.4. The minimum Gasteiger partial charge on any atom is -0.481 e. The van der Waals surface area contributed by atoms with Gasteiger partial charge in [0.15, 0.2) is 6.10 Å². The second-order valence-electron chi connectivity index (χ2n) is 8.47. The average molecular weight is 574 g/mol. The Morgan fingerprint density at radius 2 is 1.62 bits per heavy atom. The Morgan fingerprint density at radius 1 is 0.974 bits per heavy atom. The number of halogens is 2. The highest BCUT2D eigenvalue weighted by Crippen LogP contribution is 2.26. The van der Waals surface area contributed by atoms with Crippen LogP contribution >= 0.6 is 23.2 Å². The molecule has 12 heteroatoms. The van der Waals surface area contributed by atoms with E-state index in [0.29, 0.717) is 35.9 Å². The van der Waals surface area contributed by atoms with Gasteiger partial charge < -0.3 is 31.1 Å². The number of amides is 3. The van der Waals surface area contributed by atoms with Gasteiger partial charge in [-0.1, -0.05) is 54.4 Å². The molecule has 1 heterocycles. The van der Waals surface area contributed by atoms with Crippen LogP contribution in [0.5, 0.6) is 5.88 Å². The van der Waals surface area contributed by atoms with Gasteiger partial charge >= 0.3 is 12.0 Å². The van der Waals surface area contributed by atoms with Gasteiger partial charge in [-0.25, -0.2) is 9.78 Å². The Hall–Kier alpha value is -3.86. The van der Waals surface area contributed by atoms with Crippen LogP contribution in [0.4, 0.5) is 16.2 Å². The van der Waals surface area contributed by atoms with E-state index in [0.717, 1.165) is 11.1 Å². The molecule has 0 fully saturated rings. The Balaban J connectivity index is 1.50. The molecule has 3 aromatic rings. The number of anilines is 2. The highest BCUT2D eigenvalue weighted by molar-refractivity contribution is 6.35. The van der Waals surface area contributed by atoms with Crippen molar-refractivity contribution in [3.05, 3.63) is 82.0 Å². The van der Waals surface area contributed by atoms with E-state index >= 15 is 0 Å². The van der Waals surface area contributed by atoms with E-state index in [-0.39, 0.29) is 29.8 Å². The minimum atomic E-state index is -0.864. The molecule has 39 heavy (non-hydrogen) atoms. The molecule has 3 rings (SSSR count). The van der Waals surface area contributed by atoms with Crippen LogP contribution in [0.3, 0.4) is 0 Å². The van der Waals surface area contributed by atoms with Gasteiger partial charge in [-0.15, -0.1) is 0 Å². The summed E-state index contributed by atoms with van der Waals surface area (Å²) in [5.41, 5.74) is 2.81. The summed E-state index contributed by atoms with van der Waals surface area (Å²) in [4.78, 5) is 39.9. The topological polar surface area (TPSA) is 142 Å². The van der Waals surface area contributed by atoms with E-state index in [9.17, 15) is 14.4 Å². The summed E-state index contributed by atoms with van der Waals surface area (Å²) in [5.74, 6) is -1.07. The summed E-state index contributed by atoms with van der Waals surface area (Å²) in [7, 11) is 0. The van der Waals surface area contributed by atoms with Crippen molar-refractivity contribution in [2.24, 2.45) is 0 Å². The van der Waals surface area contributed by atoms with Gasteiger partial charge in [0, 0.05) is 37.2 Å². The smallest absolute Gasteiger partial charge is 0.323 e. The summed E-state index contributed by atoms with van der Waals surface area (Å²) < 4.78 is 5.67. The second-order valence-corrected chi connectivity index (χ2v) is 9.32. The van der Waals surface area contributed by atoms with E-state index in [4.69, 9.17) is 33.0 Å². The van der Waals surface area contributed by atoms with E-state index in [1.807, 2.05) is 19.1 Å². The van der Waals surface area contributed by atoms with Gasteiger partial charge in [0.1, 0.15) is 5.02 Å². The molecule has 0 saturated heterocycles. The number of urea groups is 1. The Bertz CT molecular complexity index is 1310. The molecule has 3 amide bonds. The van der Waals surface area contributed by atoms with Crippen molar-refractivity contribution in [2.75, 3.05) is 17.2 Å². The molecule has 206 valence electrons. The number of pyridine rings is 1. The molecule has 0 unspecified atom stereocenters. The number of rotatable bonds is 13. The zero-order valence-corrected chi connectivity index (χ0v) is 22.7. The molecule has 0 aliphatic rings. The van der Waals surface area contributed by atoms with E-state index in [1.54, 1.807) is 36.4 Å². The summed E-state index contributed by atoms with van der Waals surface area (Å²) in [6.45, 7) is 2.85. The van der Waals surface area contributed by atoms with Crippen LogP contribution in [0.1, 0.15) is 30.9 Å². The van der Waals surface area contributed by atoms with Crippen molar-refractivity contribution in [3.63, 3.8) is 0 Å². The first kappa shape index (κ1) is 29.7. The summed E-state index contributed by atoms with van der Waals surface area (Å²) in [5, 5.41) is 20.7. The Labute approximate surface area is 236 Å². The molecule has 0 bridgehead atoms. The molecule has 2 aromatic carbocycles. The molecule has 0 radical (unpaired) electrons. The van der Waals surface area contributed by atoms with Gasteiger partial charge in [-0.05, 0) is 47.9 Å². The molecule has 0 aliphatic carbocycles. The van der Waals surface area contributed by atoms with Crippen molar-refractivity contribution >= 4 is 52.5 Å². The third-order valence-electron chi connectivity index (χ3n) is 5.37. The number of ether oxygens (including phenoxy) is 1. The van der Waals surface area contributed by atoms with Crippen LogP contribution in [0.25, 0.3) is 0 Å². The Kier molecular flexibility index (Phi) is 11.4. The van der Waals surface area contributed by atoms with Gasteiger partial charge in [0.05, 0.1) is 11.4 Å². The maximum Gasteiger partial charge on any atom is 0.323 e. The molecule has 1 atom stereocenters. The van der Waals surface area contributed by atoms with Crippen molar-refractivity contribution in [1.29, 1.82) is 0 Å². The number of carbonyl (C=O) groups excluding carboxylic acids is 2. The Morgan fingerprint density at radius 3 is 2.21 bits per heavy atom. The number of nitrogens with one attached hydrogen (secondary N) is 4. The standard InChI is InChI=1S/C27H29Cl2N5O5/c1-2-23(39-26-22(29)13-19(28)16-32-26)25(37)31-15-18-6-4-8-21(12-18)34-27(38)33-20-7-3-5-17(11-20)14-30-10-9-24(35)36/h3-8,11-13,16,23,30H,2,9-10,14-15H2,1H3,(H,31,37)(H,35,36)(H2,33,34,38)/t23-/m1/s1. The van der Waals surface area contributed by atoms with Crippen LogP contribution in [0, 0.1) is 0 Å². The lowest BCUT2D eigenvalue weighted by atomic mass is 10.2. The van der Waals surface area contributed by atoms with E-state index in [2.05, 4.69) is 26.3 Å². The fourth-order valence-electron chi connectivity index (χ4n) is 3.49. The van der Waals surface area contributed by atoms with Gasteiger partial charge in [0.25, 0.3) is 5.91 Å². The molecule has 5 N–H and O–H groups in total. The average Bonchev–Trinajstić information content (AvgIpc) is 2.89. The van der Waals surface area contributed by atoms with Crippen LogP contribution in [-0.4, -0.2) is 40.6 Å². The van der Waals surface area contributed by atoms with Gasteiger partial charge in [-0.2, -0.15) is 0 Å². The predicted octanol–water partition coefficient (Wildman–Crippen LogP) is 5.07. The molecule has 1 aromatic heterocycles. The number of aliphatic carboxylic acids is 1. The van der Waals surface area contributed by atoms with Crippen molar-refractivity contribution in [3.8, 4) is 5.88 Å². The van der Waals surface area contributed by atoms with Crippen LogP contribution in [0.15, 0.2) is 60.8 Å². The lowest BCUT2D eigenvalue weighted by Crippen LogP contribution is -2.37. The maximum atomic E-state index is 12.7. The highest BCUT2D eigenvalue weighted by atomic mass is 35.5. The summed E-state index contributed by atoms with van der Waals surface area (Å²) >= 11 is 12.0. The minimum absolute atomic E-state index is 0.0335. The lowest BCUT2D eigenvalue weighted by Gasteiger charge is -2.17.